The van der Waals surface area contributed by atoms with E-state index in [4.69, 9.17) is 9.47 Å². The Bertz CT molecular complexity index is 526. The summed E-state index contributed by atoms with van der Waals surface area (Å²) in [5.74, 6) is -0.138. The molecule has 1 aromatic rings. The zero-order valence-electron chi connectivity index (χ0n) is 13.2. The van der Waals surface area contributed by atoms with E-state index in [1.165, 1.54) is 13.2 Å². The molecule has 2 unspecified atom stereocenters. The Hall–Kier alpha value is -1.75. The first-order valence-corrected chi connectivity index (χ1v) is 7.82. The molecule has 5 nitrogen and oxygen atoms in total. The summed E-state index contributed by atoms with van der Waals surface area (Å²) < 4.78 is 10.6. The van der Waals surface area contributed by atoms with Gasteiger partial charge in [-0.25, -0.2) is 4.79 Å². The van der Waals surface area contributed by atoms with Crippen LogP contribution in [0, 0.1) is 0 Å². The lowest BCUT2D eigenvalue weighted by Crippen LogP contribution is -2.29. The zero-order chi connectivity index (χ0) is 16.1. The van der Waals surface area contributed by atoms with Crippen LogP contribution in [0.2, 0.25) is 0 Å². The average Bonchev–Trinajstić information content (AvgIpc) is 2.48. The molecular weight excluding hydrogens is 284 g/mol. The fraction of sp³-hybridized carbons (Fsp3) is 0.588. The molecule has 0 aromatic heterocycles. The van der Waals surface area contributed by atoms with E-state index >= 15 is 0 Å². The number of benzene rings is 1. The van der Waals surface area contributed by atoms with Gasteiger partial charge in [0.25, 0.3) is 0 Å². The molecule has 2 rings (SSSR count). The number of hydrogen-bond donors (Lipinski definition) is 2. The number of esters is 1. The molecule has 22 heavy (non-hydrogen) atoms. The molecule has 1 aromatic carbocycles. The molecule has 0 saturated carbocycles. The number of cyclic esters (lactones) is 1. The summed E-state index contributed by atoms with van der Waals surface area (Å²) in [7, 11) is 1.46. The van der Waals surface area contributed by atoms with E-state index in [-0.39, 0.29) is 5.75 Å². The van der Waals surface area contributed by atoms with E-state index in [0.29, 0.717) is 24.2 Å². The summed E-state index contributed by atoms with van der Waals surface area (Å²) >= 11 is 0. The number of hydrogen-bond acceptors (Lipinski definition) is 5. The second-order valence-corrected chi connectivity index (χ2v) is 5.81. The minimum Gasteiger partial charge on any atom is -0.508 e. The maximum absolute atomic E-state index is 12.5. The summed E-state index contributed by atoms with van der Waals surface area (Å²) in [6.07, 6.45) is 3.97. The lowest BCUT2D eigenvalue weighted by atomic mass is 9.97. The van der Waals surface area contributed by atoms with Crippen molar-refractivity contribution in [2.75, 3.05) is 7.11 Å². The Morgan fingerprint density at radius 1 is 1.23 bits per heavy atom. The van der Waals surface area contributed by atoms with Gasteiger partial charge >= 0.3 is 5.97 Å². The number of methoxy groups -OCH3 is 1. The fourth-order valence-corrected chi connectivity index (χ4v) is 2.81. The highest BCUT2D eigenvalue weighted by Crippen LogP contribution is 2.31. The van der Waals surface area contributed by atoms with Crippen LogP contribution in [-0.2, 0) is 11.2 Å². The maximum Gasteiger partial charge on any atom is 0.342 e. The monoisotopic (exact) mass is 308 g/mol. The fourth-order valence-electron chi connectivity index (χ4n) is 2.81. The Morgan fingerprint density at radius 3 is 2.68 bits per heavy atom. The summed E-state index contributed by atoms with van der Waals surface area (Å²) in [5.41, 5.74) is 1.07. The van der Waals surface area contributed by atoms with Crippen molar-refractivity contribution in [3.63, 3.8) is 0 Å². The predicted octanol–water partition coefficient (Wildman–Crippen LogP) is 2.81. The molecule has 1 aliphatic rings. The summed E-state index contributed by atoms with van der Waals surface area (Å²) in [6.45, 7) is 1.70. The molecule has 1 aliphatic heterocycles. The highest BCUT2D eigenvalue weighted by molar-refractivity contribution is 5.94. The lowest BCUT2D eigenvalue weighted by molar-refractivity contribution is -0.0144. The molecule has 122 valence electrons. The molecule has 0 saturated heterocycles. The molecule has 1 heterocycles. The van der Waals surface area contributed by atoms with Crippen LogP contribution in [0.4, 0.5) is 0 Å². The van der Waals surface area contributed by atoms with E-state index in [2.05, 4.69) is 0 Å². The minimum absolute atomic E-state index is 0.0728. The first-order valence-electron chi connectivity index (χ1n) is 7.82. The van der Waals surface area contributed by atoms with Gasteiger partial charge in [0, 0.05) is 6.07 Å². The van der Waals surface area contributed by atoms with Crippen LogP contribution in [0.5, 0.6) is 11.5 Å². The first kappa shape index (κ1) is 16.6. The van der Waals surface area contributed by atoms with Gasteiger partial charge in [-0.2, -0.15) is 0 Å². The number of aliphatic hydroxyl groups is 1. The molecular formula is C17H24O5. The topological polar surface area (TPSA) is 76.0 Å². The number of aromatic hydroxyl groups is 1. The van der Waals surface area contributed by atoms with Crippen molar-refractivity contribution >= 4 is 5.97 Å². The van der Waals surface area contributed by atoms with Crippen molar-refractivity contribution in [2.24, 2.45) is 0 Å². The quantitative estimate of drug-likeness (QED) is 0.780. The third kappa shape index (κ3) is 3.91. The van der Waals surface area contributed by atoms with E-state index in [9.17, 15) is 15.0 Å². The third-order valence-corrected chi connectivity index (χ3v) is 4.12. The summed E-state index contributed by atoms with van der Waals surface area (Å²) in [6, 6.07) is 3.00. The molecule has 0 spiro atoms. The van der Waals surface area contributed by atoms with Crippen LogP contribution in [0.25, 0.3) is 0 Å². The van der Waals surface area contributed by atoms with Crippen LogP contribution in [0.3, 0.4) is 0 Å². The smallest absolute Gasteiger partial charge is 0.342 e. The highest BCUT2D eigenvalue weighted by Gasteiger charge is 2.25. The van der Waals surface area contributed by atoms with Crippen LogP contribution in [0.15, 0.2) is 12.1 Å². The Morgan fingerprint density at radius 2 is 1.95 bits per heavy atom. The summed E-state index contributed by atoms with van der Waals surface area (Å²) in [4.78, 5) is 12.5. The van der Waals surface area contributed by atoms with Gasteiger partial charge in [-0.05, 0) is 37.8 Å². The third-order valence-electron chi connectivity index (χ3n) is 4.12. The average molecular weight is 308 g/mol. The second kappa shape index (κ2) is 7.49. The van der Waals surface area contributed by atoms with Gasteiger partial charge < -0.3 is 19.7 Å². The van der Waals surface area contributed by atoms with E-state index in [1.54, 1.807) is 13.0 Å². The van der Waals surface area contributed by atoms with E-state index in [0.717, 1.165) is 31.2 Å². The molecule has 0 fully saturated rings. The molecule has 5 heteroatoms. The van der Waals surface area contributed by atoms with Gasteiger partial charge in [0.15, 0.2) is 0 Å². The first-order chi connectivity index (χ1) is 10.5. The van der Waals surface area contributed by atoms with Gasteiger partial charge in [0.05, 0.1) is 13.2 Å². The van der Waals surface area contributed by atoms with Gasteiger partial charge in [0.1, 0.15) is 23.2 Å². The van der Waals surface area contributed by atoms with Gasteiger partial charge in [-0.1, -0.05) is 19.3 Å². The lowest BCUT2D eigenvalue weighted by Gasteiger charge is -2.22. The van der Waals surface area contributed by atoms with Crippen molar-refractivity contribution in [2.45, 2.75) is 57.7 Å². The molecule has 2 atom stereocenters. The molecule has 0 bridgehead atoms. The molecule has 0 amide bonds. The summed E-state index contributed by atoms with van der Waals surface area (Å²) in [5, 5.41) is 19.8. The Labute approximate surface area is 130 Å². The number of fused-ring (bicyclic) bond motifs is 1. The van der Waals surface area contributed by atoms with Crippen LogP contribution in [-0.4, -0.2) is 35.5 Å². The minimum atomic E-state index is -0.657. The highest BCUT2D eigenvalue weighted by atomic mass is 16.6. The van der Waals surface area contributed by atoms with Gasteiger partial charge in [-0.15, -0.1) is 0 Å². The van der Waals surface area contributed by atoms with Gasteiger partial charge in [-0.3, -0.25) is 0 Å². The maximum atomic E-state index is 12.5. The van der Waals surface area contributed by atoms with Crippen LogP contribution < -0.4 is 4.74 Å². The van der Waals surface area contributed by atoms with Crippen molar-refractivity contribution in [1.82, 2.24) is 0 Å². The molecule has 0 aliphatic carbocycles. The number of rotatable bonds is 1. The van der Waals surface area contributed by atoms with Crippen LogP contribution in [0.1, 0.15) is 54.9 Å². The normalized spacial score (nSPS) is 23.7. The number of phenols is 1. The van der Waals surface area contributed by atoms with E-state index in [1.807, 2.05) is 0 Å². The van der Waals surface area contributed by atoms with Crippen molar-refractivity contribution in [1.29, 1.82) is 0 Å². The number of carbonyl (C=O) groups is 1. The number of aliphatic hydroxyl groups excluding tert-OH is 1. The van der Waals surface area contributed by atoms with Crippen molar-refractivity contribution in [3.8, 4) is 11.5 Å². The number of aryl methyl sites for hydroxylation is 1. The van der Waals surface area contributed by atoms with Crippen molar-refractivity contribution < 1.29 is 24.5 Å². The number of phenolic OH excluding ortho intramolecular Hbond substituents is 1. The Balaban J connectivity index is 2.37. The molecule has 0 radical (unpaired) electrons. The molecule has 2 N–H and O–H groups in total. The van der Waals surface area contributed by atoms with Crippen LogP contribution >= 0.6 is 0 Å². The largest absolute Gasteiger partial charge is 0.508 e. The van der Waals surface area contributed by atoms with Crippen molar-refractivity contribution in [3.05, 3.63) is 23.3 Å². The van der Waals surface area contributed by atoms with Gasteiger partial charge in [0.2, 0.25) is 0 Å². The standard InChI is InChI=1S/C17H24O5/c1-11-14(19)8-6-4-3-5-7-12-9-13(18)10-15(21-2)16(12)17(20)22-11/h9-11,14,18-19H,3-8H2,1-2H3. The predicted molar refractivity (Wildman–Crippen MR) is 82.3 cm³/mol. The SMILES string of the molecule is COc1cc(O)cc2c1C(=O)OC(C)C(O)CCCCCC2. The number of carbonyl (C=O) groups excluding carboxylic acids is 1. The zero-order valence-corrected chi connectivity index (χ0v) is 13.2. The second-order valence-electron chi connectivity index (χ2n) is 5.81. The van der Waals surface area contributed by atoms with E-state index < -0.39 is 18.2 Å². The number of ether oxygens (including phenoxy) is 2. The Kier molecular flexibility index (Phi) is 5.66.